The van der Waals surface area contributed by atoms with E-state index in [9.17, 15) is 8.78 Å². The first-order chi connectivity index (χ1) is 26.9. The molecule has 0 nitrogen and oxygen atoms in total. The summed E-state index contributed by atoms with van der Waals surface area (Å²) < 4.78 is 28.4. The Kier molecular flexibility index (Phi) is 17.1. The zero-order valence-corrected chi connectivity index (χ0v) is 34.2. The van der Waals surface area contributed by atoms with E-state index in [1.165, 1.54) is 60.8 Å². The predicted octanol–water partition coefficient (Wildman–Crippen LogP) is 14.5. The number of hydrogen-bond donors (Lipinski definition) is 0. The molecule has 2 aliphatic carbocycles. The van der Waals surface area contributed by atoms with Gasteiger partial charge < -0.3 is 0 Å². The second kappa shape index (κ2) is 22.4. The van der Waals surface area contributed by atoms with E-state index < -0.39 is 0 Å². The summed E-state index contributed by atoms with van der Waals surface area (Å²) >= 11 is 0. The van der Waals surface area contributed by atoms with Gasteiger partial charge in [-0.1, -0.05) is 131 Å². The molecule has 2 heteroatoms. The highest BCUT2D eigenvalue weighted by molar-refractivity contribution is 5.39. The third kappa shape index (κ3) is 13.2. The Balaban J connectivity index is 0.000000211. The van der Waals surface area contributed by atoms with Crippen LogP contribution < -0.4 is 0 Å². The molecule has 0 aliphatic heterocycles. The predicted molar refractivity (Wildman–Crippen MR) is 229 cm³/mol. The summed E-state index contributed by atoms with van der Waals surface area (Å²) in [5, 5.41) is 0. The van der Waals surface area contributed by atoms with E-state index in [2.05, 4.69) is 99.9 Å². The molecule has 4 aromatic rings. The monoisotopic (exact) mass is 738 g/mol. The third-order valence-corrected chi connectivity index (χ3v) is 11.9. The molecule has 2 fully saturated rings. The molecule has 0 unspecified atom stereocenters. The minimum atomic E-state index is -0.102. The SMILES string of the molecule is CCCCc1ccc(C#C[C@H]2CC[C@H](c3ccc(CC)cc3)CC2)cc1F.CCCCc1ccc(C#C[C@H]2CC[C@H](c3ccc(CCC)cc3)CC2)cc1F. The van der Waals surface area contributed by atoms with Crippen molar-refractivity contribution in [2.75, 3.05) is 0 Å². The van der Waals surface area contributed by atoms with Crippen molar-refractivity contribution < 1.29 is 8.78 Å². The van der Waals surface area contributed by atoms with Gasteiger partial charge in [-0.3, -0.25) is 0 Å². The Morgan fingerprint density at radius 1 is 0.473 bits per heavy atom. The van der Waals surface area contributed by atoms with Crippen LogP contribution in [0.4, 0.5) is 8.78 Å². The van der Waals surface area contributed by atoms with Gasteiger partial charge in [-0.15, -0.1) is 0 Å². The average molecular weight is 739 g/mol. The van der Waals surface area contributed by atoms with Gasteiger partial charge in [-0.2, -0.15) is 0 Å². The molecule has 0 heterocycles. The van der Waals surface area contributed by atoms with Crippen molar-refractivity contribution in [3.63, 3.8) is 0 Å². The van der Waals surface area contributed by atoms with Crippen LogP contribution in [0.3, 0.4) is 0 Å². The van der Waals surface area contributed by atoms with E-state index in [4.69, 9.17) is 0 Å². The Morgan fingerprint density at radius 3 is 1.25 bits per heavy atom. The van der Waals surface area contributed by atoms with Gasteiger partial charge in [0, 0.05) is 23.0 Å². The molecule has 0 amide bonds. The summed E-state index contributed by atoms with van der Waals surface area (Å²) in [7, 11) is 0. The zero-order chi connectivity index (χ0) is 38.8. The fourth-order valence-electron chi connectivity index (χ4n) is 8.17. The van der Waals surface area contributed by atoms with E-state index in [-0.39, 0.29) is 11.6 Å². The van der Waals surface area contributed by atoms with Gasteiger partial charge in [0.2, 0.25) is 0 Å². The first-order valence-electron chi connectivity index (χ1n) is 21.7. The Morgan fingerprint density at radius 2 is 0.891 bits per heavy atom. The largest absolute Gasteiger partial charge is 0.207 e. The molecular formula is C53H64F2. The first-order valence-corrected chi connectivity index (χ1v) is 21.7. The van der Waals surface area contributed by atoms with E-state index in [0.29, 0.717) is 23.7 Å². The van der Waals surface area contributed by atoms with Gasteiger partial charge in [0.1, 0.15) is 11.6 Å². The second-order valence-corrected chi connectivity index (χ2v) is 16.0. The number of benzene rings is 4. The van der Waals surface area contributed by atoms with Crippen LogP contribution in [-0.4, -0.2) is 0 Å². The fraction of sp³-hybridized carbons (Fsp3) is 0.472. The normalized spacial score (nSPS) is 19.2. The molecule has 2 saturated carbocycles. The van der Waals surface area contributed by atoms with Crippen LogP contribution in [0.5, 0.6) is 0 Å². The van der Waals surface area contributed by atoms with Crippen molar-refractivity contribution in [3.8, 4) is 23.7 Å². The Bertz CT molecular complexity index is 1860. The van der Waals surface area contributed by atoms with Crippen LogP contribution in [0, 0.1) is 47.2 Å². The summed E-state index contributed by atoms with van der Waals surface area (Å²) in [4.78, 5) is 0. The molecule has 0 aromatic heterocycles. The maximum absolute atomic E-state index is 14.2. The molecule has 0 saturated heterocycles. The average Bonchev–Trinajstić information content (AvgIpc) is 3.22. The van der Waals surface area contributed by atoms with Crippen molar-refractivity contribution in [1.29, 1.82) is 0 Å². The molecule has 6 rings (SSSR count). The lowest BCUT2D eigenvalue weighted by molar-refractivity contribution is 0.384. The van der Waals surface area contributed by atoms with Crippen molar-refractivity contribution in [3.05, 3.63) is 141 Å². The van der Waals surface area contributed by atoms with E-state index in [1.807, 2.05) is 24.3 Å². The van der Waals surface area contributed by atoms with E-state index in [0.717, 1.165) is 92.9 Å². The fourth-order valence-corrected chi connectivity index (χ4v) is 8.17. The summed E-state index contributed by atoms with van der Waals surface area (Å²) in [6.45, 7) is 8.69. The number of hydrogen-bond acceptors (Lipinski definition) is 0. The highest BCUT2D eigenvalue weighted by atomic mass is 19.1. The molecule has 0 N–H and O–H groups in total. The molecule has 2 aliphatic rings. The van der Waals surface area contributed by atoms with Crippen LogP contribution in [0.1, 0.15) is 168 Å². The summed E-state index contributed by atoms with van der Waals surface area (Å²) in [5.74, 6) is 15.3. The molecule has 290 valence electrons. The highest BCUT2D eigenvalue weighted by Gasteiger charge is 2.22. The smallest absolute Gasteiger partial charge is 0.127 e. The maximum atomic E-state index is 14.2. The minimum Gasteiger partial charge on any atom is -0.207 e. The minimum absolute atomic E-state index is 0.101. The van der Waals surface area contributed by atoms with Crippen LogP contribution in [0.25, 0.3) is 0 Å². The molecule has 0 bridgehead atoms. The van der Waals surface area contributed by atoms with Crippen LogP contribution in [0.15, 0.2) is 84.9 Å². The van der Waals surface area contributed by atoms with Crippen molar-refractivity contribution in [2.45, 2.75) is 149 Å². The lowest BCUT2D eigenvalue weighted by atomic mass is 9.78. The van der Waals surface area contributed by atoms with Crippen molar-refractivity contribution >= 4 is 0 Å². The number of aryl methyl sites for hydroxylation is 4. The third-order valence-electron chi connectivity index (χ3n) is 11.9. The molecule has 4 aromatic carbocycles. The number of unbranched alkanes of at least 4 members (excludes halogenated alkanes) is 2. The van der Waals surface area contributed by atoms with Crippen LogP contribution in [0.2, 0.25) is 0 Å². The topological polar surface area (TPSA) is 0 Å². The summed E-state index contributed by atoms with van der Waals surface area (Å²) in [6.07, 6.45) is 18.7. The van der Waals surface area contributed by atoms with Gasteiger partial charge in [-0.25, -0.2) is 8.78 Å². The molecule has 55 heavy (non-hydrogen) atoms. The van der Waals surface area contributed by atoms with Gasteiger partial charge in [0.25, 0.3) is 0 Å². The standard InChI is InChI=1S/C27H33F.C26H31F/c1-3-5-7-26-19-14-23(20-27(26)28)9-8-22-12-17-25(18-13-22)24-15-10-21(6-4-2)11-16-24;1-3-5-6-25-18-13-22(19-26(25)27)8-7-21-11-16-24(17-12-21)23-14-9-20(4-2)10-15-23/h10-11,14-16,19-20,22,25H,3-7,12-13,17-18H2,1-2H3;9-10,13-15,18-19,21,24H,3-6,11-12,16-17H2,1-2H3/t22-,25-;21-,24-. The lowest BCUT2D eigenvalue weighted by Gasteiger charge is -2.26. The lowest BCUT2D eigenvalue weighted by Crippen LogP contribution is -2.12. The summed E-state index contributed by atoms with van der Waals surface area (Å²) in [6, 6.07) is 29.4. The summed E-state index contributed by atoms with van der Waals surface area (Å²) in [5.41, 5.74) is 9.07. The van der Waals surface area contributed by atoms with Gasteiger partial charge in [0.15, 0.2) is 0 Å². The molecule has 0 atom stereocenters. The zero-order valence-electron chi connectivity index (χ0n) is 34.2. The number of rotatable bonds is 11. The Labute approximate surface area is 333 Å². The molecule has 0 spiro atoms. The quantitative estimate of drug-likeness (QED) is 0.134. The van der Waals surface area contributed by atoms with E-state index in [1.54, 1.807) is 12.1 Å². The Hall–Kier alpha value is -4.14. The molecule has 0 radical (unpaired) electrons. The van der Waals surface area contributed by atoms with Crippen LogP contribution in [-0.2, 0) is 25.7 Å². The van der Waals surface area contributed by atoms with Gasteiger partial charge in [-0.05, 0) is 159 Å². The first kappa shape index (κ1) is 42.0. The van der Waals surface area contributed by atoms with Crippen LogP contribution >= 0.6 is 0 Å². The van der Waals surface area contributed by atoms with E-state index >= 15 is 0 Å². The van der Waals surface area contributed by atoms with Gasteiger partial charge in [0.05, 0.1) is 0 Å². The second-order valence-electron chi connectivity index (χ2n) is 16.0. The van der Waals surface area contributed by atoms with Crippen molar-refractivity contribution in [1.82, 2.24) is 0 Å². The van der Waals surface area contributed by atoms with Gasteiger partial charge >= 0.3 is 0 Å². The number of halogens is 2. The highest BCUT2D eigenvalue weighted by Crippen LogP contribution is 2.37. The van der Waals surface area contributed by atoms with Crippen molar-refractivity contribution in [2.24, 2.45) is 11.8 Å². The molecular weight excluding hydrogens is 675 g/mol. The maximum Gasteiger partial charge on any atom is 0.127 e.